The summed E-state index contributed by atoms with van der Waals surface area (Å²) in [5.41, 5.74) is 2.12. The predicted molar refractivity (Wildman–Crippen MR) is 48.4 cm³/mol. The fourth-order valence-electron chi connectivity index (χ4n) is 0. The van der Waals surface area contributed by atoms with Crippen molar-refractivity contribution in [3.63, 3.8) is 0 Å². The summed E-state index contributed by atoms with van der Waals surface area (Å²) in [4.78, 5) is 0. The Kier molecular flexibility index (Phi) is 15.2. The first kappa shape index (κ1) is 11.5. The van der Waals surface area contributed by atoms with Gasteiger partial charge in [-0.15, -0.1) is 12.6 Å². The number of hydrogen-bond acceptors (Lipinski definition) is 2. The first-order valence-electron chi connectivity index (χ1n) is 1.94. The second-order valence-electron chi connectivity index (χ2n) is 0.717. The summed E-state index contributed by atoms with van der Waals surface area (Å²) in [5.74, 6) is 4.70. The average molecular weight is 217 g/mol. The van der Waals surface area contributed by atoms with E-state index in [1.165, 1.54) is 0 Å². The van der Waals surface area contributed by atoms with Crippen LogP contribution in [0.15, 0.2) is 0 Å². The molecule has 0 unspecified atom stereocenters. The summed E-state index contributed by atoms with van der Waals surface area (Å²) in [6, 6.07) is 0. The van der Waals surface area contributed by atoms with Gasteiger partial charge in [0.05, 0.1) is 0 Å². The van der Waals surface area contributed by atoms with Crippen molar-refractivity contribution >= 4 is 45.1 Å². The molecule has 0 spiro atoms. The molecule has 5 heteroatoms. The molecule has 0 bridgehead atoms. The van der Waals surface area contributed by atoms with Gasteiger partial charge >= 0.3 is 0 Å². The zero-order chi connectivity index (χ0) is 6.99. The lowest BCUT2D eigenvalue weighted by Crippen LogP contribution is -2.23. The lowest BCUT2D eigenvalue weighted by atomic mass is 11.0. The molecule has 0 atom stereocenters. The molecule has 0 saturated heterocycles. The minimum Gasteiger partial charge on any atom is -0.310 e. The van der Waals surface area contributed by atoms with Crippen LogP contribution >= 0.6 is 40.8 Å². The number of thiol groups is 1. The molecule has 0 heterocycles. The highest BCUT2D eigenvalue weighted by Crippen LogP contribution is 1.68. The number of halogens is 1. The number of alkyl halides is 1. The number of hydrogen-bond donors (Lipinski definition) is 3. The molecule has 0 radical (unpaired) electrons. The molecule has 0 saturated carbocycles. The maximum Gasteiger partial charge on any atom is 0.144 e. The van der Waals surface area contributed by atoms with E-state index in [1.807, 2.05) is 6.92 Å². The normalized spacial score (nSPS) is 6.50. The standard InChI is InChI=1S/C2H5Br.CH4N2S2/c1-2-3;2-3-1(4)5/h2H2,1H3;2H2,(H2,3,4,5). The molecular formula is C3H9BrN2S2. The third-order valence-electron chi connectivity index (χ3n) is 0.123. The van der Waals surface area contributed by atoms with Gasteiger partial charge in [0, 0.05) is 5.33 Å². The highest BCUT2D eigenvalue weighted by molar-refractivity contribution is 9.09. The van der Waals surface area contributed by atoms with Crippen molar-refractivity contribution in [1.82, 2.24) is 5.43 Å². The molecule has 0 aliphatic rings. The van der Waals surface area contributed by atoms with Crippen molar-refractivity contribution in [1.29, 1.82) is 0 Å². The zero-order valence-electron chi connectivity index (χ0n) is 4.52. The van der Waals surface area contributed by atoms with Crippen LogP contribution in [0.1, 0.15) is 6.92 Å². The third-order valence-corrected chi connectivity index (χ3v) is 0.370. The highest BCUT2D eigenvalue weighted by atomic mass is 79.9. The molecule has 0 aromatic rings. The molecule has 0 aromatic heterocycles. The van der Waals surface area contributed by atoms with E-state index in [0.717, 1.165) is 5.33 Å². The van der Waals surface area contributed by atoms with Crippen LogP contribution in [0.5, 0.6) is 0 Å². The Balaban J connectivity index is 0. The van der Waals surface area contributed by atoms with Crippen LogP contribution in [-0.2, 0) is 0 Å². The molecule has 0 aliphatic heterocycles. The van der Waals surface area contributed by atoms with Crippen LogP contribution in [0.25, 0.3) is 0 Å². The second kappa shape index (κ2) is 10.6. The van der Waals surface area contributed by atoms with Gasteiger partial charge in [-0.3, -0.25) is 0 Å². The molecule has 50 valence electrons. The maximum absolute atomic E-state index is 4.70. The van der Waals surface area contributed by atoms with E-state index < -0.39 is 0 Å². The summed E-state index contributed by atoms with van der Waals surface area (Å²) < 4.78 is 0.310. The van der Waals surface area contributed by atoms with Crippen molar-refractivity contribution in [3.8, 4) is 0 Å². The predicted octanol–water partition coefficient (Wildman–Crippen LogP) is 1.07. The monoisotopic (exact) mass is 216 g/mol. The van der Waals surface area contributed by atoms with E-state index >= 15 is 0 Å². The topological polar surface area (TPSA) is 38.0 Å². The Morgan fingerprint density at radius 1 is 2.00 bits per heavy atom. The van der Waals surface area contributed by atoms with E-state index in [9.17, 15) is 0 Å². The minimum atomic E-state index is 0.310. The van der Waals surface area contributed by atoms with Crippen molar-refractivity contribution in [2.24, 2.45) is 5.84 Å². The fraction of sp³-hybridized carbons (Fsp3) is 0.667. The summed E-state index contributed by atoms with van der Waals surface area (Å²) in [6.07, 6.45) is 0. The molecule has 8 heavy (non-hydrogen) atoms. The Bertz CT molecular complexity index is 59.2. The van der Waals surface area contributed by atoms with Gasteiger partial charge in [0.2, 0.25) is 0 Å². The Morgan fingerprint density at radius 2 is 2.12 bits per heavy atom. The fourth-order valence-corrected chi connectivity index (χ4v) is 0. The van der Waals surface area contributed by atoms with Gasteiger partial charge in [-0.25, -0.2) is 5.84 Å². The van der Waals surface area contributed by atoms with Gasteiger partial charge in [-0.2, -0.15) is 0 Å². The molecule has 2 nitrogen and oxygen atoms in total. The molecule has 3 N–H and O–H groups in total. The number of nitrogens with one attached hydrogen (secondary N) is 1. The van der Waals surface area contributed by atoms with Crippen molar-refractivity contribution in [2.45, 2.75) is 6.92 Å². The number of hydrazine groups is 1. The SMILES string of the molecule is CCBr.NNC(=S)S. The highest BCUT2D eigenvalue weighted by Gasteiger charge is 1.68. The van der Waals surface area contributed by atoms with Crippen molar-refractivity contribution in [2.75, 3.05) is 5.33 Å². The largest absolute Gasteiger partial charge is 0.310 e. The molecule has 0 aromatic carbocycles. The van der Waals surface area contributed by atoms with Gasteiger partial charge < -0.3 is 5.43 Å². The summed E-state index contributed by atoms with van der Waals surface area (Å²) >= 11 is 11.1. The van der Waals surface area contributed by atoms with Gasteiger partial charge in [0.1, 0.15) is 4.32 Å². The van der Waals surface area contributed by atoms with Crippen LogP contribution < -0.4 is 11.3 Å². The van der Waals surface area contributed by atoms with Crippen LogP contribution in [0, 0.1) is 0 Å². The van der Waals surface area contributed by atoms with Gasteiger partial charge in [-0.1, -0.05) is 35.1 Å². The average Bonchev–Trinajstić information content (AvgIpc) is 1.69. The lowest BCUT2D eigenvalue weighted by Gasteiger charge is -1.83. The van der Waals surface area contributed by atoms with E-state index in [2.05, 4.69) is 46.2 Å². The number of thiocarbonyl (C=S) groups is 1. The molecule has 0 amide bonds. The van der Waals surface area contributed by atoms with Gasteiger partial charge in [0.15, 0.2) is 0 Å². The first-order valence-corrected chi connectivity index (χ1v) is 3.92. The molecule has 0 aliphatic carbocycles. The summed E-state index contributed by atoms with van der Waals surface area (Å²) in [7, 11) is 0. The van der Waals surface area contributed by atoms with E-state index in [1.54, 1.807) is 0 Å². The van der Waals surface area contributed by atoms with Gasteiger partial charge in [-0.05, 0) is 0 Å². The maximum atomic E-state index is 4.70. The van der Waals surface area contributed by atoms with Crippen LogP contribution in [0.4, 0.5) is 0 Å². The Hall–Kier alpha value is 0.680. The van der Waals surface area contributed by atoms with Crippen LogP contribution in [0.3, 0.4) is 0 Å². The third kappa shape index (κ3) is 30.0. The molecule has 0 rings (SSSR count). The quantitative estimate of drug-likeness (QED) is 0.187. The Morgan fingerprint density at radius 3 is 2.12 bits per heavy atom. The Labute approximate surface area is 68.7 Å². The molecular weight excluding hydrogens is 208 g/mol. The van der Waals surface area contributed by atoms with Crippen LogP contribution in [-0.4, -0.2) is 9.65 Å². The number of nitrogens with two attached hydrogens (primary N) is 1. The van der Waals surface area contributed by atoms with E-state index in [4.69, 9.17) is 5.84 Å². The summed E-state index contributed by atoms with van der Waals surface area (Å²) in [5, 5.41) is 1.06. The van der Waals surface area contributed by atoms with E-state index in [-0.39, 0.29) is 0 Å². The smallest absolute Gasteiger partial charge is 0.144 e. The van der Waals surface area contributed by atoms with Crippen molar-refractivity contribution in [3.05, 3.63) is 0 Å². The lowest BCUT2D eigenvalue weighted by molar-refractivity contribution is 1.07. The zero-order valence-corrected chi connectivity index (χ0v) is 7.81. The van der Waals surface area contributed by atoms with Crippen molar-refractivity contribution < 1.29 is 0 Å². The second-order valence-corrected chi connectivity index (χ2v) is 3.00. The number of rotatable bonds is 0. The summed E-state index contributed by atoms with van der Waals surface area (Å²) in [6.45, 7) is 2.04. The minimum absolute atomic E-state index is 0.310. The first-order chi connectivity index (χ1) is 3.68. The molecule has 0 fully saturated rings. The van der Waals surface area contributed by atoms with E-state index in [0.29, 0.717) is 4.32 Å². The van der Waals surface area contributed by atoms with Gasteiger partial charge in [0.25, 0.3) is 0 Å². The van der Waals surface area contributed by atoms with Crippen LogP contribution in [0.2, 0.25) is 0 Å².